The van der Waals surface area contributed by atoms with Gasteiger partial charge in [-0.05, 0) is 34.6 Å². The van der Waals surface area contributed by atoms with Gasteiger partial charge in [-0.3, -0.25) is 4.79 Å². The lowest BCUT2D eigenvalue weighted by Crippen LogP contribution is -2.26. The first-order valence-corrected chi connectivity index (χ1v) is 9.83. The van der Waals surface area contributed by atoms with Crippen LogP contribution in [0.15, 0.2) is 54.7 Å². The summed E-state index contributed by atoms with van der Waals surface area (Å²) in [6.45, 7) is 9.46. The minimum Gasteiger partial charge on any atom is -0.361 e. The molecular formula is C24H30N2O. The zero-order valence-corrected chi connectivity index (χ0v) is 16.8. The molecule has 1 atom stereocenters. The third-order valence-corrected chi connectivity index (χ3v) is 5.14. The molecule has 0 aliphatic heterocycles. The van der Waals surface area contributed by atoms with Gasteiger partial charge in [0.2, 0.25) is 5.91 Å². The van der Waals surface area contributed by atoms with E-state index in [9.17, 15) is 4.79 Å². The molecule has 0 aliphatic rings. The van der Waals surface area contributed by atoms with Crippen molar-refractivity contribution in [1.29, 1.82) is 0 Å². The molecule has 0 aliphatic carbocycles. The molecule has 3 aromatic rings. The number of aromatic nitrogens is 1. The van der Waals surface area contributed by atoms with E-state index < -0.39 is 0 Å². The van der Waals surface area contributed by atoms with Crippen molar-refractivity contribution >= 4 is 16.8 Å². The SMILES string of the molecule is CCCNC(=O)C[C@@H](c1ccc(C(C)(C)C)cc1)c1c[nH]c2ccccc12. The number of rotatable bonds is 6. The number of para-hydroxylation sites is 1. The first-order valence-electron chi connectivity index (χ1n) is 9.83. The lowest BCUT2D eigenvalue weighted by molar-refractivity contribution is -0.121. The van der Waals surface area contributed by atoms with Crippen molar-refractivity contribution in [3.63, 3.8) is 0 Å². The summed E-state index contributed by atoms with van der Waals surface area (Å²) in [6.07, 6.45) is 3.46. The van der Waals surface area contributed by atoms with Crippen LogP contribution < -0.4 is 5.32 Å². The average Bonchev–Trinajstić information content (AvgIpc) is 3.08. The molecule has 3 rings (SSSR count). The van der Waals surface area contributed by atoms with Gasteiger partial charge < -0.3 is 10.3 Å². The largest absolute Gasteiger partial charge is 0.361 e. The van der Waals surface area contributed by atoms with E-state index in [0.717, 1.165) is 18.5 Å². The molecular weight excluding hydrogens is 332 g/mol. The van der Waals surface area contributed by atoms with E-state index >= 15 is 0 Å². The fourth-order valence-corrected chi connectivity index (χ4v) is 3.53. The molecule has 0 saturated carbocycles. The second-order valence-corrected chi connectivity index (χ2v) is 8.27. The first-order chi connectivity index (χ1) is 12.9. The van der Waals surface area contributed by atoms with E-state index in [4.69, 9.17) is 0 Å². The maximum absolute atomic E-state index is 12.5. The highest BCUT2D eigenvalue weighted by Gasteiger charge is 2.22. The Morgan fingerprint density at radius 2 is 1.78 bits per heavy atom. The van der Waals surface area contributed by atoms with Gasteiger partial charge in [-0.25, -0.2) is 0 Å². The van der Waals surface area contributed by atoms with Crippen LogP contribution in [0, 0.1) is 0 Å². The summed E-state index contributed by atoms with van der Waals surface area (Å²) in [5.41, 5.74) is 4.89. The lowest BCUT2D eigenvalue weighted by atomic mass is 9.83. The fourth-order valence-electron chi connectivity index (χ4n) is 3.53. The van der Waals surface area contributed by atoms with Crippen LogP contribution in [0.1, 0.15) is 63.1 Å². The van der Waals surface area contributed by atoms with Gasteiger partial charge in [0.05, 0.1) is 0 Å². The van der Waals surface area contributed by atoms with Crippen LogP contribution >= 0.6 is 0 Å². The van der Waals surface area contributed by atoms with Gasteiger partial charge in [-0.15, -0.1) is 0 Å². The Hall–Kier alpha value is -2.55. The highest BCUT2D eigenvalue weighted by atomic mass is 16.1. The summed E-state index contributed by atoms with van der Waals surface area (Å²) in [5.74, 6) is 0.138. The van der Waals surface area contributed by atoms with Gasteiger partial charge in [0, 0.05) is 36.0 Å². The van der Waals surface area contributed by atoms with E-state index in [2.05, 4.69) is 86.7 Å². The van der Waals surface area contributed by atoms with Crippen molar-refractivity contribution in [2.45, 2.75) is 51.9 Å². The number of aromatic amines is 1. The van der Waals surface area contributed by atoms with Gasteiger partial charge in [0.1, 0.15) is 0 Å². The van der Waals surface area contributed by atoms with Gasteiger partial charge in [-0.1, -0.05) is 70.2 Å². The molecule has 27 heavy (non-hydrogen) atoms. The number of carbonyl (C=O) groups is 1. The molecule has 142 valence electrons. The minimum absolute atomic E-state index is 0.0343. The Kier molecular flexibility index (Phi) is 5.69. The molecule has 3 heteroatoms. The van der Waals surface area contributed by atoms with E-state index in [1.807, 2.05) is 6.07 Å². The molecule has 1 amide bonds. The van der Waals surface area contributed by atoms with Gasteiger partial charge >= 0.3 is 0 Å². The van der Waals surface area contributed by atoms with Crippen molar-refractivity contribution in [2.24, 2.45) is 0 Å². The number of H-pyrrole nitrogens is 1. The lowest BCUT2D eigenvalue weighted by Gasteiger charge is -2.22. The Bertz CT molecular complexity index is 900. The molecule has 0 fully saturated rings. The molecule has 2 N–H and O–H groups in total. The quantitative estimate of drug-likeness (QED) is 0.596. The predicted octanol–water partition coefficient (Wildman–Crippen LogP) is 5.51. The van der Waals surface area contributed by atoms with Crippen molar-refractivity contribution in [1.82, 2.24) is 10.3 Å². The molecule has 0 saturated heterocycles. The summed E-state index contributed by atoms with van der Waals surface area (Å²) < 4.78 is 0. The Labute approximate surface area is 162 Å². The number of benzene rings is 2. The molecule has 0 bridgehead atoms. The van der Waals surface area contributed by atoms with E-state index in [1.165, 1.54) is 22.1 Å². The van der Waals surface area contributed by atoms with Crippen LogP contribution in [0.2, 0.25) is 0 Å². The van der Waals surface area contributed by atoms with Crippen molar-refractivity contribution in [3.05, 3.63) is 71.4 Å². The van der Waals surface area contributed by atoms with Gasteiger partial charge in [0.15, 0.2) is 0 Å². The highest BCUT2D eigenvalue weighted by Crippen LogP contribution is 2.34. The summed E-state index contributed by atoms with van der Waals surface area (Å²) in [7, 11) is 0. The normalized spacial score (nSPS) is 12.9. The molecule has 0 unspecified atom stereocenters. The summed E-state index contributed by atoms with van der Waals surface area (Å²) in [6, 6.07) is 17.0. The van der Waals surface area contributed by atoms with Crippen molar-refractivity contribution in [2.75, 3.05) is 6.54 Å². The minimum atomic E-state index is 0.0343. The Balaban J connectivity index is 1.98. The summed E-state index contributed by atoms with van der Waals surface area (Å²) >= 11 is 0. The topological polar surface area (TPSA) is 44.9 Å². The van der Waals surface area contributed by atoms with Gasteiger partial charge in [-0.2, -0.15) is 0 Å². The van der Waals surface area contributed by atoms with Crippen LogP contribution in [0.4, 0.5) is 0 Å². The van der Waals surface area contributed by atoms with E-state index in [-0.39, 0.29) is 17.2 Å². The number of hydrogen-bond donors (Lipinski definition) is 2. The number of carbonyl (C=O) groups excluding carboxylic acids is 1. The van der Waals surface area contributed by atoms with Gasteiger partial charge in [0.25, 0.3) is 0 Å². The van der Waals surface area contributed by atoms with Crippen LogP contribution in [0.3, 0.4) is 0 Å². The predicted molar refractivity (Wildman–Crippen MR) is 113 cm³/mol. The van der Waals surface area contributed by atoms with Crippen LogP contribution in [0.25, 0.3) is 10.9 Å². The zero-order chi connectivity index (χ0) is 19.4. The molecule has 0 spiro atoms. The third kappa shape index (κ3) is 4.41. The van der Waals surface area contributed by atoms with Crippen LogP contribution in [-0.4, -0.2) is 17.4 Å². The second kappa shape index (κ2) is 7.99. The maximum atomic E-state index is 12.5. The number of hydrogen-bond acceptors (Lipinski definition) is 1. The summed E-state index contributed by atoms with van der Waals surface area (Å²) in [5, 5.41) is 4.21. The molecule has 3 nitrogen and oxygen atoms in total. The maximum Gasteiger partial charge on any atom is 0.220 e. The Morgan fingerprint density at radius 1 is 1.07 bits per heavy atom. The third-order valence-electron chi connectivity index (χ3n) is 5.14. The second-order valence-electron chi connectivity index (χ2n) is 8.27. The monoisotopic (exact) mass is 362 g/mol. The van der Waals surface area contributed by atoms with Crippen molar-refractivity contribution in [3.8, 4) is 0 Å². The van der Waals surface area contributed by atoms with Crippen molar-refractivity contribution < 1.29 is 4.79 Å². The zero-order valence-electron chi connectivity index (χ0n) is 16.8. The summed E-state index contributed by atoms with van der Waals surface area (Å²) in [4.78, 5) is 15.9. The van der Waals surface area contributed by atoms with E-state index in [0.29, 0.717) is 6.42 Å². The number of nitrogens with one attached hydrogen (secondary N) is 2. The molecule has 2 aromatic carbocycles. The smallest absolute Gasteiger partial charge is 0.220 e. The number of fused-ring (bicyclic) bond motifs is 1. The first kappa shape index (κ1) is 19.2. The Morgan fingerprint density at radius 3 is 2.44 bits per heavy atom. The number of amides is 1. The fraction of sp³-hybridized carbons (Fsp3) is 0.375. The highest BCUT2D eigenvalue weighted by molar-refractivity contribution is 5.86. The molecule has 1 heterocycles. The molecule has 0 radical (unpaired) electrons. The average molecular weight is 363 g/mol. The standard InChI is InChI=1S/C24H30N2O/c1-5-14-25-23(27)15-20(17-10-12-18(13-11-17)24(2,3)4)21-16-26-22-9-7-6-8-19(21)22/h6-13,16,20,26H,5,14-15H2,1-4H3,(H,25,27)/t20-/m0/s1. The molecule has 1 aromatic heterocycles. The van der Waals surface area contributed by atoms with E-state index in [1.54, 1.807) is 0 Å². The van der Waals surface area contributed by atoms with Crippen LogP contribution in [0.5, 0.6) is 0 Å². The van der Waals surface area contributed by atoms with Crippen LogP contribution in [-0.2, 0) is 10.2 Å².